The van der Waals surface area contributed by atoms with E-state index in [1.165, 1.54) is 212 Å². The molecule has 2 unspecified atom stereocenters. The number of phosphoric ester groups is 2. The van der Waals surface area contributed by atoms with Gasteiger partial charge in [-0.25, -0.2) is 9.13 Å². The number of esters is 4. The first-order valence-electron chi connectivity index (χ1n) is 39.5. The fourth-order valence-corrected chi connectivity index (χ4v) is 13.2. The van der Waals surface area contributed by atoms with Crippen molar-refractivity contribution in [3.05, 3.63) is 0 Å². The molecule has 0 amide bonds. The maximum atomic E-state index is 13.1. The van der Waals surface area contributed by atoms with E-state index in [2.05, 4.69) is 41.5 Å². The summed E-state index contributed by atoms with van der Waals surface area (Å²) in [5, 5.41) is 10.6. The van der Waals surface area contributed by atoms with Gasteiger partial charge in [-0.1, -0.05) is 343 Å². The van der Waals surface area contributed by atoms with Gasteiger partial charge in [0.15, 0.2) is 12.2 Å². The lowest BCUT2D eigenvalue weighted by Gasteiger charge is -2.21. The molecule has 0 aliphatic carbocycles. The second-order valence-corrected chi connectivity index (χ2v) is 31.3. The van der Waals surface area contributed by atoms with Gasteiger partial charge in [0.05, 0.1) is 26.4 Å². The van der Waals surface area contributed by atoms with E-state index in [0.29, 0.717) is 25.7 Å². The lowest BCUT2D eigenvalue weighted by molar-refractivity contribution is -0.161. The first-order chi connectivity index (χ1) is 45.9. The maximum absolute atomic E-state index is 13.1. The molecule has 0 rings (SSSR count). The maximum Gasteiger partial charge on any atom is 0.472 e. The Bertz CT molecular complexity index is 1840. The van der Waals surface area contributed by atoms with Crippen LogP contribution in [0, 0.1) is 11.8 Å². The average molecular weight is 1400 g/mol. The predicted octanol–water partition coefficient (Wildman–Crippen LogP) is 22.3. The SMILES string of the molecule is CCCCCCCCCCCCCC(=O)O[C@H](COC(=O)CCCCCCCCCCCC)COP(=O)(O)OC[C@H](O)COP(=O)(O)OC[C@@H](COC(=O)CCCCCCCCCCCCCCCCC(C)C)OC(=O)CCCCCCCCCCCCCCCCC(C)C. The van der Waals surface area contributed by atoms with E-state index in [9.17, 15) is 43.2 Å². The fourth-order valence-electron chi connectivity index (χ4n) is 11.7. The fraction of sp³-hybridized carbons (Fsp3) is 0.947. The molecule has 17 nitrogen and oxygen atoms in total. The Morgan fingerprint density at radius 1 is 0.284 bits per heavy atom. The van der Waals surface area contributed by atoms with E-state index in [0.717, 1.165) is 102 Å². The van der Waals surface area contributed by atoms with Crippen LogP contribution in [0.2, 0.25) is 0 Å². The summed E-state index contributed by atoms with van der Waals surface area (Å²) >= 11 is 0. The normalized spacial score (nSPS) is 14.0. The highest BCUT2D eigenvalue weighted by Crippen LogP contribution is 2.45. The minimum absolute atomic E-state index is 0.107. The van der Waals surface area contributed by atoms with E-state index in [1.54, 1.807) is 0 Å². The number of phosphoric acid groups is 2. The molecule has 0 bridgehead atoms. The van der Waals surface area contributed by atoms with Gasteiger partial charge in [-0.15, -0.1) is 0 Å². The summed E-state index contributed by atoms with van der Waals surface area (Å²) in [6.45, 7) is 9.63. The average Bonchev–Trinajstić information content (AvgIpc) is 3.01. The quantitative estimate of drug-likeness (QED) is 0.0222. The zero-order valence-corrected chi connectivity index (χ0v) is 63.8. The standard InChI is InChI=1S/C76H148O17P2/c1-7-9-11-13-15-17-27-36-42-48-54-60-75(80)92-71(64-86-73(78)58-52-46-40-34-18-16-14-12-10-8-2)66-90-94(82,83)88-62-70(77)63-89-95(84,85)91-67-72(93-76(81)61-55-49-43-37-31-26-22-20-24-29-33-39-45-51-57-69(5)6)65-87-74(79)59-53-47-41-35-30-25-21-19-23-28-32-38-44-50-56-68(3)4/h68-72,77H,7-67H2,1-6H3,(H,82,83)(H,84,85)/t70-,71+,72+/m0/s1. The Kier molecular flexibility index (Phi) is 66.5. The van der Waals surface area contributed by atoms with Crippen molar-refractivity contribution in [2.24, 2.45) is 11.8 Å². The summed E-state index contributed by atoms with van der Waals surface area (Å²) in [7, 11) is -9.91. The molecule has 5 atom stereocenters. The molecule has 0 spiro atoms. The molecule has 0 fully saturated rings. The minimum atomic E-state index is -4.96. The van der Waals surface area contributed by atoms with Crippen molar-refractivity contribution in [3.63, 3.8) is 0 Å². The van der Waals surface area contributed by atoms with E-state index >= 15 is 0 Å². The smallest absolute Gasteiger partial charge is 0.462 e. The zero-order valence-electron chi connectivity index (χ0n) is 62.0. The number of hydrogen-bond acceptors (Lipinski definition) is 15. The molecular formula is C76H148O17P2. The van der Waals surface area contributed by atoms with Gasteiger partial charge in [0, 0.05) is 25.7 Å². The molecule has 95 heavy (non-hydrogen) atoms. The molecule has 0 heterocycles. The molecule has 0 aliphatic heterocycles. The molecule has 564 valence electrons. The summed E-state index contributed by atoms with van der Waals surface area (Å²) in [5.74, 6) is -0.520. The van der Waals surface area contributed by atoms with E-state index in [1.807, 2.05) is 0 Å². The Morgan fingerprint density at radius 2 is 0.484 bits per heavy atom. The summed E-state index contributed by atoms with van der Waals surface area (Å²) < 4.78 is 68.5. The molecular weight excluding hydrogens is 1250 g/mol. The van der Waals surface area contributed by atoms with Gasteiger partial charge >= 0.3 is 39.5 Å². The van der Waals surface area contributed by atoms with Gasteiger partial charge in [-0.3, -0.25) is 37.3 Å². The second-order valence-electron chi connectivity index (χ2n) is 28.3. The Hall–Kier alpha value is -1.94. The van der Waals surface area contributed by atoms with E-state index in [-0.39, 0.29) is 25.7 Å². The van der Waals surface area contributed by atoms with Crippen molar-refractivity contribution in [2.75, 3.05) is 39.6 Å². The summed E-state index contributed by atoms with van der Waals surface area (Å²) in [6.07, 6.45) is 55.4. The monoisotopic (exact) mass is 1400 g/mol. The van der Waals surface area contributed by atoms with Crippen LogP contribution in [-0.4, -0.2) is 96.7 Å². The Labute approximate surface area is 581 Å². The Morgan fingerprint density at radius 3 is 0.716 bits per heavy atom. The molecule has 0 saturated carbocycles. The van der Waals surface area contributed by atoms with Gasteiger partial charge in [0.25, 0.3) is 0 Å². The molecule has 0 aromatic heterocycles. The van der Waals surface area contributed by atoms with Crippen LogP contribution in [0.5, 0.6) is 0 Å². The van der Waals surface area contributed by atoms with Crippen molar-refractivity contribution >= 4 is 39.5 Å². The highest BCUT2D eigenvalue weighted by Gasteiger charge is 2.30. The van der Waals surface area contributed by atoms with Gasteiger partial charge in [-0.05, 0) is 37.5 Å². The number of aliphatic hydroxyl groups excluding tert-OH is 1. The summed E-state index contributed by atoms with van der Waals surface area (Å²) in [5.41, 5.74) is 0. The van der Waals surface area contributed by atoms with E-state index < -0.39 is 97.5 Å². The molecule has 0 aromatic carbocycles. The topological polar surface area (TPSA) is 237 Å². The number of hydrogen-bond donors (Lipinski definition) is 3. The number of rotatable bonds is 75. The largest absolute Gasteiger partial charge is 0.472 e. The van der Waals surface area contributed by atoms with Gasteiger partial charge in [-0.2, -0.15) is 0 Å². The van der Waals surface area contributed by atoms with Crippen molar-refractivity contribution in [2.45, 2.75) is 413 Å². The first kappa shape index (κ1) is 93.1. The van der Waals surface area contributed by atoms with Crippen LogP contribution in [-0.2, 0) is 65.4 Å². The number of carbonyl (C=O) groups is 4. The number of aliphatic hydroxyl groups is 1. The van der Waals surface area contributed by atoms with Crippen LogP contribution < -0.4 is 0 Å². The zero-order chi connectivity index (χ0) is 70.0. The van der Waals surface area contributed by atoms with Crippen molar-refractivity contribution in [1.82, 2.24) is 0 Å². The molecule has 0 aromatic rings. The van der Waals surface area contributed by atoms with Crippen LogP contribution in [0.3, 0.4) is 0 Å². The van der Waals surface area contributed by atoms with Crippen LogP contribution in [0.4, 0.5) is 0 Å². The number of ether oxygens (including phenoxy) is 4. The summed E-state index contributed by atoms with van der Waals surface area (Å²) in [4.78, 5) is 72.8. The molecule has 0 radical (unpaired) electrons. The van der Waals surface area contributed by atoms with Crippen LogP contribution in [0.25, 0.3) is 0 Å². The number of unbranched alkanes of at least 4 members (excludes halogenated alkanes) is 45. The lowest BCUT2D eigenvalue weighted by Crippen LogP contribution is -2.30. The lowest BCUT2D eigenvalue weighted by atomic mass is 10.0. The highest BCUT2D eigenvalue weighted by molar-refractivity contribution is 7.47. The van der Waals surface area contributed by atoms with Crippen LogP contribution >= 0.6 is 15.6 Å². The van der Waals surface area contributed by atoms with Gasteiger partial charge < -0.3 is 33.8 Å². The second kappa shape index (κ2) is 67.9. The van der Waals surface area contributed by atoms with E-state index in [4.69, 9.17) is 37.0 Å². The highest BCUT2D eigenvalue weighted by atomic mass is 31.2. The third-order valence-electron chi connectivity index (χ3n) is 17.7. The third-order valence-corrected chi connectivity index (χ3v) is 19.6. The van der Waals surface area contributed by atoms with Gasteiger partial charge in [0.2, 0.25) is 0 Å². The molecule has 0 saturated heterocycles. The van der Waals surface area contributed by atoms with Gasteiger partial charge in [0.1, 0.15) is 19.3 Å². The minimum Gasteiger partial charge on any atom is -0.462 e. The van der Waals surface area contributed by atoms with Crippen molar-refractivity contribution in [3.8, 4) is 0 Å². The van der Waals surface area contributed by atoms with Crippen molar-refractivity contribution < 1.29 is 80.2 Å². The summed E-state index contributed by atoms with van der Waals surface area (Å²) in [6, 6.07) is 0. The third kappa shape index (κ3) is 70.3. The van der Waals surface area contributed by atoms with Crippen molar-refractivity contribution in [1.29, 1.82) is 0 Å². The molecule has 0 aliphatic rings. The van der Waals surface area contributed by atoms with Crippen LogP contribution in [0.1, 0.15) is 395 Å². The first-order valence-corrected chi connectivity index (χ1v) is 42.5. The predicted molar refractivity (Wildman–Crippen MR) is 386 cm³/mol. The Balaban J connectivity index is 5.23. The molecule has 19 heteroatoms. The molecule has 3 N–H and O–H groups in total. The van der Waals surface area contributed by atoms with Crippen LogP contribution in [0.15, 0.2) is 0 Å². The number of carbonyl (C=O) groups excluding carboxylic acids is 4.